The van der Waals surface area contributed by atoms with Crippen LogP contribution in [0.1, 0.15) is 51.0 Å². The first kappa shape index (κ1) is 13.2. The lowest BCUT2D eigenvalue weighted by Crippen LogP contribution is -2.48. The summed E-state index contributed by atoms with van der Waals surface area (Å²) in [5.74, 6) is 0.618. The Morgan fingerprint density at radius 1 is 1.25 bits per heavy atom. The molecule has 1 aliphatic carbocycles. The molecule has 1 spiro atoms. The van der Waals surface area contributed by atoms with Gasteiger partial charge in [0.1, 0.15) is 0 Å². The molecule has 2 aliphatic rings. The Bertz CT molecular complexity index is 519. The van der Waals surface area contributed by atoms with Crippen LogP contribution in [0.5, 0.6) is 0 Å². The van der Waals surface area contributed by atoms with Crippen molar-refractivity contribution in [3.63, 3.8) is 0 Å². The van der Waals surface area contributed by atoms with Gasteiger partial charge in [-0.15, -0.1) is 5.10 Å². The number of rotatable bonds is 2. The minimum Gasteiger partial charge on any atom is -0.447 e. The summed E-state index contributed by atoms with van der Waals surface area (Å²) in [4.78, 5) is 12.2. The van der Waals surface area contributed by atoms with Gasteiger partial charge in [-0.3, -0.25) is 4.79 Å². The molecule has 1 fully saturated rings. The predicted octanol–water partition coefficient (Wildman–Crippen LogP) is 3.28. The summed E-state index contributed by atoms with van der Waals surface area (Å²) in [5, 5.41) is 6.09. The Morgan fingerprint density at radius 2 is 1.95 bits per heavy atom. The maximum atomic E-state index is 12.2. The summed E-state index contributed by atoms with van der Waals surface area (Å²) < 4.78 is 6.17. The molecular formula is C16H20N2O2. The number of carbonyl (C=O) groups is 1. The van der Waals surface area contributed by atoms with Gasteiger partial charge in [0.2, 0.25) is 17.5 Å². The van der Waals surface area contributed by atoms with Gasteiger partial charge in [0.05, 0.1) is 0 Å². The smallest absolute Gasteiger partial charge is 0.246 e. The number of carbonyl (C=O) groups excluding carboxylic acids is 1. The zero-order valence-electron chi connectivity index (χ0n) is 11.8. The van der Waals surface area contributed by atoms with E-state index >= 15 is 0 Å². The van der Waals surface area contributed by atoms with Crippen molar-refractivity contribution in [1.82, 2.24) is 5.01 Å². The molecule has 0 bridgehead atoms. The number of ether oxygens (including phenoxy) is 1. The SMILES string of the molecule is CCC(=O)N1N=C(c2ccccc2)OC12CCCCC2. The van der Waals surface area contributed by atoms with Crippen LogP contribution in [0.15, 0.2) is 35.4 Å². The topological polar surface area (TPSA) is 41.9 Å². The number of hydrogen-bond acceptors (Lipinski definition) is 3. The first-order valence-corrected chi connectivity index (χ1v) is 7.41. The van der Waals surface area contributed by atoms with E-state index in [9.17, 15) is 4.79 Å². The monoisotopic (exact) mass is 272 g/mol. The van der Waals surface area contributed by atoms with Crippen LogP contribution in [0, 0.1) is 0 Å². The Hall–Kier alpha value is -1.84. The largest absolute Gasteiger partial charge is 0.447 e. The molecule has 1 saturated carbocycles. The van der Waals surface area contributed by atoms with E-state index in [1.165, 1.54) is 6.42 Å². The van der Waals surface area contributed by atoms with Crippen molar-refractivity contribution in [3.05, 3.63) is 35.9 Å². The van der Waals surface area contributed by atoms with Crippen molar-refractivity contribution >= 4 is 11.8 Å². The fourth-order valence-electron chi connectivity index (χ4n) is 2.97. The van der Waals surface area contributed by atoms with Gasteiger partial charge >= 0.3 is 0 Å². The van der Waals surface area contributed by atoms with Gasteiger partial charge in [-0.1, -0.05) is 31.5 Å². The van der Waals surface area contributed by atoms with Crippen molar-refractivity contribution in [2.24, 2.45) is 5.10 Å². The van der Waals surface area contributed by atoms with E-state index in [0.717, 1.165) is 31.2 Å². The van der Waals surface area contributed by atoms with Crippen LogP contribution in [-0.4, -0.2) is 22.5 Å². The minimum atomic E-state index is -0.531. The first-order valence-electron chi connectivity index (χ1n) is 7.41. The highest BCUT2D eigenvalue weighted by atomic mass is 16.6. The molecule has 106 valence electrons. The molecule has 1 aromatic carbocycles. The van der Waals surface area contributed by atoms with Gasteiger partial charge in [-0.2, -0.15) is 5.01 Å². The average Bonchev–Trinajstić information content (AvgIpc) is 2.87. The van der Waals surface area contributed by atoms with E-state index in [1.54, 1.807) is 5.01 Å². The first-order chi connectivity index (χ1) is 9.75. The maximum Gasteiger partial charge on any atom is 0.246 e. The lowest BCUT2D eigenvalue weighted by molar-refractivity contribution is -0.154. The van der Waals surface area contributed by atoms with Gasteiger partial charge in [-0.25, -0.2) is 0 Å². The Labute approximate surface area is 119 Å². The third-order valence-electron chi connectivity index (χ3n) is 4.06. The maximum absolute atomic E-state index is 12.2. The number of hydrazone groups is 1. The van der Waals surface area contributed by atoms with Crippen LogP contribution in [0.3, 0.4) is 0 Å². The van der Waals surface area contributed by atoms with E-state index in [2.05, 4.69) is 5.10 Å². The standard InChI is InChI=1S/C16H20N2O2/c1-2-14(19)18-16(11-7-4-8-12-16)20-15(17-18)13-9-5-3-6-10-13/h3,5-6,9-10H,2,4,7-8,11-12H2,1H3. The van der Waals surface area contributed by atoms with Crippen molar-refractivity contribution in [3.8, 4) is 0 Å². The fraction of sp³-hybridized carbons (Fsp3) is 0.500. The van der Waals surface area contributed by atoms with Crippen molar-refractivity contribution in [1.29, 1.82) is 0 Å². The molecule has 4 nitrogen and oxygen atoms in total. The normalized spacial score (nSPS) is 20.6. The van der Waals surface area contributed by atoms with Gasteiger partial charge in [0.25, 0.3) is 0 Å². The molecule has 0 atom stereocenters. The molecule has 0 unspecified atom stereocenters. The molecule has 0 radical (unpaired) electrons. The van der Waals surface area contributed by atoms with Crippen LogP contribution in [0.25, 0.3) is 0 Å². The molecule has 3 rings (SSSR count). The lowest BCUT2D eigenvalue weighted by atomic mass is 9.91. The third-order valence-corrected chi connectivity index (χ3v) is 4.06. The molecule has 0 saturated heterocycles. The van der Waals surface area contributed by atoms with Gasteiger partial charge in [0, 0.05) is 24.8 Å². The summed E-state index contributed by atoms with van der Waals surface area (Å²) >= 11 is 0. The van der Waals surface area contributed by atoms with E-state index in [0.29, 0.717) is 12.3 Å². The number of nitrogens with zero attached hydrogens (tertiary/aromatic N) is 2. The van der Waals surface area contributed by atoms with E-state index in [1.807, 2.05) is 37.3 Å². The second-order valence-corrected chi connectivity index (χ2v) is 5.44. The molecule has 20 heavy (non-hydrogen) atoms. The van der Waals surface area contributed by atoms with Crippen molar-refractivity contribution in [2.75, 3.05) is 0 Å². The molecule has 1 aromatic rings. The van der Waals surface area contributed by atoms with E-state index < -0.39 is 5.72 Å². The minimum absolute atomic E-state index is 0.0397. The second-order valence-electron chi connectivity index (χ2n) is 5.44. The molecule has 4 heteroatoms. The summed E-state index contributed by atoms with van der Waals surface area (Å²) in [6, 6.07) is 9.81. The van der Waals surface area contributed by atoms with Crippen LogP contribution >= 0.6 is 0 Å². The summed E-state index contributed by atoms with van der Waals surface area (Å²) in [6.45, 7) is 1.87. The Morgan fingerprint density at radius 3 is 2.60 bits per heavy atom. The molecular weight excluding hydrogens is 252 g/mol. The lowest BCUT2D eigenvalue weighted by Gasteiger charge is -2.37. The number of amides is 1. The summed E-state index contributed by atoms with van der Waals surface area (Å²) in [7, 11) is 0. The molecule has 1 heterocycles. The highest BCUT2D eigenvalue weighted by Gasteiger charge is 2.48. The summed E-state index contributed by atoms with van der Waals surface area (Å²) in [5.41, 5.74) is 0.403. The third kappa shape index (κ3) is 2.19. The van der Waals surface area contributed by atoms with Crippen LogP contribution in [-0.2, 0) is 9.53 Å². The molecule has 1 aliphatic heterocycles. The van der Waals surface area contributed by atoms with Gasteiger partial charge in [0.15, 0.2) is 0 Å². The molecule has 0 aromatic heterocycles. The Kier molecular flexibility index (Phi) is 3.47. The Balaban J connectivity index is 1.93. The second kappa shape index (κ2) is 5.27. The van der Waals surface area contributed by atoms with Crippen LogP contribution < -0.4 is 0 Å². The van der Waals surface area contributed by atoms with Crippen molar-refractivity contribution in [2.45, 2.75) is 51.2 Å². The predicted molar refractivity (Wildman–Crippen MR) is 77.0 cm³/mol. The average molecular weight is 272 g/mol. The number of benzene rings is 1. The highest BCUT2D eigenvalue weighted by molar-refractivity contribution is 5.96. The van der Waals surface area contributed by atoms with Gasteiger partial charge < -0.3 is 4.74 Å². The fourth-order valence-corrected chi connectivity index (χ4v) is 2.97. The highest BCUT2D eigenvalue weighted by Crippen LogP contribution is 2.40. The zero-order valence-corrected chi connectivity index (χ0v) is 11.8. The van der Waals surface area contributed by atoms with Crippen LogP contribution in [0.2, 0.25) is 0 Å². The van der Waals surface area contributed by atoms with E-state index in [-0.39, 0.29) is 5.91 Å². The zero-order chi connectivity index (χ0) is 14.0. The quantitative estimate of drug-likeness (QED) is 0.829. The van der Waals surface area contributed by atoms with Gasteiger partial charge in [-0.05, 0) is 25.0 Å². The van der Waals surface area contributed by atoms with E-state index in [4.69, 9.17) is 4.74 Å². The van der Waals surface area contributed by atoms with Crippen molar-refractivity contribution < 1.29 is 9.53 Å². The van der Waals surface area contributed by atoms with Crippen LogP contribution in [0.4, 0.5) is 0 Å². The number of hydrogen-bond donors (Lipinski definition) is 0. The molecule has 1 amide bonds. The summed E-state index contributed by atoms with van der Waals surface area (Å²) in [6.07, 6.45) is 5.59. The molecule has 0 N–H and O–H groups in total.